The van der Waals surface area contributed by atoms with Gasteiger partial charge in [0.25, 0.3) is 0 Å². The van der Waals surface area contributed by atoms with E-state index in [-0.39, 0.29) is 49.4 Å². The van der Waals surface area contributed by atoms with Gasteiger partial charge in [0.05, 0.1) is 12.1 Å². The van der Waals surface area contributed by atoms with Crippen molar-refractivity contribution in [1.29, 1.82) is 0 Å². The van der Waals surface area contributed by atoms with Crippen molar-refractivity contribution in [2.45, 2.75) is 95.7 Å². The second kappa shape index (κ2) is 19.4. The Bertz CT molecular complexity index is 1320. The van der Waals surface area contributed by atoms with Gasteiger partial charge in [-0.25, -0.2) is 0 Å². The van der Waals surface area contributed by atoms with E-state index in [2.05, 4.69) is 36.4 Å². The first-order valence-electron chi connectivity index (χ1n) is 16.3. The molecule has 0 saturated heterocycles. The number of hydrogen-bond donors (Lipinski definition) is 7. The molecule has 0 unspecified atom stereocenters. The van der Waals surface area contributed by atoms with Crippen LogP contribution in [-0.2, 0) is 37.4 Å². The summed E-state index contributed by atoms with van der Waals surface area (Å²) in [4.78, 5) is 56.9. The fourth-order valence-electron chi connectivity index (χ4n) is 5.19. The molecule has 2 aromatic carbocycles. The lowest BCUT2D eigenvalue weighted by atomic mass is 9.85. The van der Waals surface area contributed by atoms with Gasteiger partial charge in [0, 0.05) is 18.9 Å². The Morgan fingerprint density at radius 3 is 1.94 bits per heavy atom. The zero-order valence-corrected chi connectivity index (χ0v) is 28.0. The summed E-state index contributed by atoms with van der Waals surface area (Å²) < 4.78 is 0. The van der Waals surface area contributed by atoms with Gasteiger partial charge in [-0.1, -0.05) is 75.4 Å². The summed E-state index contributed by atoms with van der Waals surface area (Å²) in [5.74, 6) is -2.88. The Hall–Kier alpha value is -4.29. The molecule has 0 radical (unpaired) electrons. The number of Topliss-reactive ketones (excluding diaryl/α,β-unsaturated/α-hetero) is 1. The number of carbonyl (C=O) groups excluding carboxylic acids is 4. The lowest BCUT2D eigenvalue weighted by Crippen LogP contribution is -2.51. The predicted molar refractivity (Wildman–Crippen MR) is 186 cm³/mol. The first kappa shape index (κ1) is 38.9. The molecule has 258 valence electrons. The van der Waals surface area contributed by atoms with Crippen molar-refractivity contribution in [3.63, 3.8) is 0 Å². The van der Waals surface area contributed by atoms with E-state index in [4.69, 9.17) is 28.7 Å². The number of unbranched alkanes of at least 4 members (excludes halogenated alkanes) is 1. The van der Waals surface area contributed by atoms with Crippen molar-refractivity contribution in [3.05, 3.63) is 71.3 Å². The van der Waals surface area contributed by atoms with Crippen LogP contribution in [0, 0.1) is 5.92 Å². The molecule has 0 heterocycles. The summed E-state index contributed by atoms with van der Waals surface area (Å²) in [6.45, 7) is 7.04. The second-order valence-electron chi connectivity index (χ2n) is 13.1. The molecule has 12 N–H and O–H groups in total. The third-order valence-corrected chi connectivity index (χ3v) is 8.01. The highest BCUT2D eigenvalue weighted by molar-refractivity contribution is 5.94. The van der Waals surface area contributed by atoms with Crippen LogP contribution >= 0.6 is 0 Å². The molecule has 12 heteroatoms. The van der Waals surface area contributed by atoms with E-state index in [0.29, 0.717) is 32.2 Å². The van der Waals surface area contributed by atoms with Crippen molar-refractivity contribution in [2.75, 3.05) is 13.1 Å². The van der Waals surface area contributed by atoms with Crippen LogP contribution in [0.2, 0.25) is 0 Å². The molecule has 0 spiro atoms. The summed E-state index contributed by atoms with van der Waals surface area (Å²) in [6, 6.07) is 14.5. The molecule has 0 aliphatic rings. The van der Waals surface area contributed by atoms with Gasteiger partial charge in [-0.2, -0.15) is 0 Å². The Balaban J connectivity index is 2.31. The van der Waals surface area contributed by atoms with Crippen LogP contribution in [0.15, 0.2) is 59.6 Å². The second-order valence-corrected chi connectivity index (χ2v) is 13.1. The third-order valence-electron chi connectivity index (χ3n) is 8.01. The van der Waals surface area contributed by atoms with Crippen LogP contribution < -0.4 is 39.3 Å². The fraction of sp³-hybridized carbons (Fsp3) is 0.514. The predicted octanol–water partition coefficient (Wildman–Crippen LogP) is 1.31. The minimum Gasteiger partial charge on any atom is -0.370 e. The zero-order valence-electron chi connectivity index (χ0n) is 28.0. The Morgan fingerprint density at radius 1 is 0.766 bits per heavy atom. The highest BCUT2D eigenvalue weighted by Crippen LogP contribution is 2.24. The number of ketones is 1. The molecule has 0 aliphatic heterocycles. The van der Waals surface area contributed by atoms with E-state index in [1.165, 1.54) is 0 Å². The average molecular weight is 651 g/mol. The molecule has 0 fully saturated rings. The Kier molecular flexibility index (Phi) is 16.0. The monoisotopic (exact) mass is 650 g/mol. The van der Waals surface area contributed by atoms with Crippen molar-refractivity contribution >= 4 is 29.5 Å². The maximum Gasteiger partial charge on any atom is 0.239 e. The van der Waals surface area contributed by atoms with Gasteiger partial charge in [-0.05, 0) is 73.6 Å². The molecule has 0 aromatic heterocycles. The molecular formula is C35H54N8O4. The summed E-state index contributed by atoms with van der Waals surface area (Å²) in [6.07, 6.45) is 2.58. The van der Waals surface area contributed by atoms with Crippen molar-refractivity contribution in [1.82, 2.24) is 10.6 Å². The smallest absolute Gasteiger partial charge is 0.239 e. The first-order valence-corrected chi connectivity index (χ1v) is 16.3. The molecular weight excluding hydrogens is 596 g/mol. The molecule has 3 amide bonds. The van der Waals surface area contributed by atoms with Gasteiger partial charge in [-0.3, -0.25) is 24.2 Å². The van der Waals surface area contributed by atoms with E-state index in [0.717, 1.165) is 16.7 Å². The number of benzene rings is 2. The van der Waals surface area contributed by atoms with Crippen molar-refractivity contribution in [2.24, 2.45) is 39.6 Å². The number of carbonyl (C=O) groups is 4. The maximum atomic E-state index is 13.9. The SMILES string of the molecule is CC(C)(C)c1ccc(C[C@H](CC(=O)[C@@H](CCCN=C(N)N)NC(=O)[C@@H](N)Cc2ccccc2)C(=O)N[C@@H](CCCCN)C(N)=O)cc1. The zero-order chi connectivity index (χ0) is 35.0. The highest BCUT2D eigenvalue weighted by Gasteiger charge is 2.31. The van der Waals surface area contributed by atoms with Crippen LogP contribution in [0.5, 0.6) is 0 Å². The van der Waals surface area contributed by atoms with E-state index >= 15 is 0 Å². The molecule has 47 heavy (non-hydrogen) atoms. The third kappa shape index (κ3) is 14.3. The van der Waals surface area contributed by atoms with Crippen molar-refractivity contribution in [3.8, 4) is 0 Å². The number of guanidine groups is 1. The van der Waals surface area contributed by atoms with Crippen molar-refractivity contribution < 1.29 is 19.2 Å². The minimum atomic E-state index is -0.936. The van der Waals surface area contributed by atoms with Crippen LogP contribution in [0.1, 0.15) is 76.0 Å². The number of hydrogen-bond acceptors (Lipinski definition) is 7. The number of primary amides is 1. The molecule has 0 aliphatic carbocycles. The van der Waals surface area contributed by atoms with Gasteiger partial charge < -0.3 is 39.3 Å². The van der Waals surface area contributed by atoms with Crippen LogP contribution in [-0.4, -0.2) is 60.7 Å². The largest absolute Gasteiger partial charge is 0.370 e. The van der Waals surface area contributed by atoms with Gasteiger partial charge in [0.15, 0.2) is 11.7 Å². The number of aliphatic imine (C=N–C) groups is 1. The van der Waals surface area contributed by atoms with Crippen LogP contribution in [0.3, 0.4) is 0 Å². The lowest BCUT2D eigenvalue weighted by molar-refractivity contribution is -0.133. The van der Waals surface area contributed by atoms with E-state index < -0.39 is 41.8 Å². The number of amides is 3. The highest BCUT2D eigenvalue weighted by atomic mass is 16.2. The Labute approximate surface area is 278 Å². The summed E-state index contributed by atoms with van der Waals surface area (Å²) >= 11 is 0. The molecule has 0 saturated carbocycles. The topological polar surface area (TPSA) is 235 Å². The summed E-state index contributed by atoms with van der Waals surface area (Å²) in [7, 11) is 0. The molecule has 12 nitrogen and oxygen atoms in total. The van der Waals surface area contributed by atoms with Crippen LogP contribution in [0.25, 0.3) is 0 Å². The average Bonchev–Trinajstić information content (AvgIpc) is 3.01. The van der Waals surface area contributed by atoms with Gasteiger partial charge >= 0.3 is 0 Å². The van der Waals surface area contributed by atoms with E-state index in [9.17, 15) is 19.2 Å². The van der Waals surface area contributed by atoms with Gasteiger partial charge in [-0.15, -0.1) is 0 Å². The molecule has 4 atom stereocenters. The molecule has 2 aromatic rings. The van der Waals surface area contributed by atoms with E-state index in [1.54, 1.807) is 0 Å². The number of nitrogens with two attached hydrogens (primary N) is 5. The first-order chi connectivity index (χ1) is 22.2. The van der Waals surface area contributed by atoms with Gasteiger partial charge in [0.2, 0.25) is 17.7 Å². The standard InChI is InChI=1S/C35H54N8O4/c1-35(2,3)26-16-14-24(15-17-26)20-25(32(46)43-29(31(38)45)12-7-8-18-36)22-30(44)28(13-9-19-41-34(39)40)42-33(47)27(37)21-23-10-5-4-6-11-23/h4-6,10-11,14-17,25,27-29H,7-9,12-13,18-22,36-37H2,1-3H3,(H2,38,45)(H,42,47)(H,43,46)(H4,39,40,41)/t25-,27+,28-,29+/m1/s1. The maximum absolute atomic E-state index is 13.9. The number of nitrogens with one attached hydrogen (secondary N) is 2. The number of rotatable bonds is 20. The fourth-order valence-corrected chi connectivity index (χ4v) is 5.19. The minimum absolute atomic E-state index is 0.0606. The Morgan fingerprint density at radius 2 is 1.36 bits per heavy atom. The van der Waals surface area contributed by atoms with E-state index in [1.807, 2.05) is 54.6 Å². The molecule has 0 bridgehead atoms. The number of nitrogens with zero attached hydrogens (tertiary/aromatic N) is 1. The van der Waals surface area contributed by atoms with Gasteiger partial charge in [0.1, 0.15) is 6.04 Å². The normalized spacial score (nSPS) is 13.9. The summed E-state index contributed by atoms with van der Waals surface area (Å²) in [5.41, 5.74) is 31.2. The lowest BCUT2D eigenvalue weighted by Gasteiger charge is -2.25. The molecule has 2 rings (SSSR count). The summed E-state index contributed by atoms with van der Waals surface area (Å²) in [5, 5.41) is 5.58. The van der Waals surface area contributed by atoms with Crippen LogP contribution in [0.4, 0.5) is 0 Å². The quantitative estimate of drug-likeness (QED) is 0.0625.